The first-order chi connectivity index (χ1) is 6.51. The van der Waals surface area contributed by atoms with Crippen LogP contribution in [0.3, 0.4) is 0 Å². The van der Waals surface area contributed by atoms with E-state index in [0.717, 1.165) is 0 Å². The van der Waals surface area contributed by atoms with Crippen molar-refractivity contribution in [1.82, 2.24) is 0 Å². The standard InChI is InChI=1S/C9H14BClO3/c1-4-9(5-12,6-13-3)14-8(10)7(2)11/h1,7-8,12H,5-6H2,2-3H3/t7-,8?,9-/m0/s1. The Morgan fingerprint density at radius 3 is 2.57 bits per heavy atom. The summed E-state index contributed by atoms with van der Waals surface area (Å²) in [5, 5.41) is 8.70. The van der Waals surface area contributed by atoms with Crippen molar-refractivity contribution < 1.29 is 14.6 Å². The quantitative estimate of drug-likeness (QED) is 0.390. The van der Waals surface area contributed by atoms with E-state index >= 15 is 0 Å². The molecule has 0 aliphatic rings. The van der Waals surface area contributed by atoms with E-state index in [-0.39, 0.29) is 13.2 Å². The van der Waals surface area contributed by atoms with Crippen LogP contribution < -0.4 is 0 Å². The summed E-state index contributed by atoms with van der Waals surface area (Å²) in [5.41, 5.74) is -1.21. The van der Waals surface area contributed by atoms with Crippen LogP contribution in [0, 0.1) is 12.3 Å². The van der Waals surface area contributed by atoms with Gasteiger partial charge in [0.1, 0.15) is 7.85 Å². The van der Waals surface area contributed by atoms with Gasteiger partial charge in [-0.05, 0) is 6.92 Å². The zero-order chi connectivity index (χ0) is 11.2. The molecule has 1 unspecified atom stereocenters. The van der Waals surface area contributed by atoms with Crippen LogP contribution in [-0.4, -0.2) is 50.3 Å². The van der Waals surface area contributed by atoms with E-state index in [9.17, 15) is 0 Å². The van der Waals surface area contributed by atoms with Gasteiger partial charge >= 0.3 is 0 Å². The minimum atomic E-state index is -1.21. The number of ether oxygens (including phenoxy) is 2. The minimum Gasteiger partial charge on any atom is -0.392 e. The van der Waals surface area contributed by atoms with Gasteiger partial charge in [0.15, 0.2) is 5.60 Å². The summed E-state index contributed by atoms with van der Waals surface area (Å²) in [4.78, 5) is 0. The van der Waals surface area contributed by atoms with Crippen LogP contribution in [0.5, 0.6) is 0 Å². The van der Waals surface area contributed by atoms with Crippen molar-refractivity contribution in [2.45, 2.75) is 23.9 Å². The average molecular weight is 216 g/mol. The first-order valence-electron chi connectivity index (χ1n) is 4.16. The highest BCUT2D eigenvalue weighted by molar-refractivity contribution is 6.26. The SMILES string of the molecule is [B]C(O[C@@](C#C)(CO)COC)[C@H](C)Cl. The Kier molecular flexibility index (Phi) is 6.22. The number of alkyl halides is 1. The maximum absolute atomic E-state index is 9.09. The molecule has 0 aliphatic heterocycles. The Hall–Kier alpha value is -0.205. The monoisotopic (exact) mass is 216 g/mol. The van der Waals surface area contributed by atoms with Crippen LogP contribution >= 0.6 is 11.6 Å². The maximum atomic E-state index is 9.09. The van der Waals surface area contributed by atoms with Crippen molar-refractivity contribution in [2.75, 3.05) is 20.3 Å². The van der Waals surface area contributed by atoms with Crippen LogP contribution in [0.4, 0.5) is 0 Å². The Bertz CT molecular complexity index is 205. The molecule has 0 saturated carbocycles. The van der Waals surface area contributed by atoms with Crippen LogP contribution in [0.1, 0.15) is 6.92 Å². The Labute approximate surface area is 91.1 Å². The number of aliphatic hydroxyl groups is 1. The highest BCUT2D eigenvalue weighted by Crippen LogP contribution is 2.15. The average Bonchev–Trinajstić information content (AvgIpc) is 2.16. The van der Waals surface area contributed by atoms with Gasteiger partial charge in [-0.2, -0.15) is 0 Å². The molecule has 0 heterocycles. The zero-order valence-corrected chi connectivity index (χ0v) is 9.12. The predicted molar refractivity (Wildman–Crippen MR) is 56.5 cm³/mol. The fraction of sp³-hybridized carbons (Fsp3) is 0.778. The van der Waals surface area contributed by atoms with E-state index in [1.807, 2.05) is 0 Å². The molecule has 14 heavy (non-hydrogen) atoms. The molecule has 0 aliphatic carbocycles. The Morgan fingerprint density at radius 2 is 2.29 bits per heavy atom. The van der Waals surface area contributed by atoms with Crippen molar-refractivity contribution in [3.63, 3.8) is 0 Å². The summed E-state index contributed by atoms with van der Waals surface area (Å²) in [6, 6.07) is -0.741. The summed E-state index contributed by atoms with van der Waals surface area (Å²) in [6.45, 7) is 1.38. The second-order valence-electron chi connectivity index (χ2n) is 2.99. The fourth-order valence-corrected chi connectivity index (χ4v) is 0.877. The number of rotatable bonds is 6. The summed E-state index contributed by atoms with van der Waals surface area (Å²) in [6.07, 6.45) is 5.24. The summed E-state index contributed by atoms with van der Waals surface area (Å²) in [7, 11) is 7.03. The number of hydrogen-bond acceptors (Lipinski definition) is 3. The second-order valence-corrected chi connectivity index (χ2v) is 3.68. The highest BCUT2D eigenvalue weighted by Gasteiger charge is 2.31. The summed E-state index contributed by atoms with van der Waals surface area (Å²) < 4.78 is 10.1. The molecule has 0 aromatic heterocycles. The van der Waals surface area contributed by atoms with Gasteiger partial charge < -0.3 is 14.6 Å². The van der Waals surface area contributed by atoms with Crippen LogP contribution in [0.25, 0.3) is 0 Å². The number of halogens is 1. The maximum Gasteiger partial charge on any atom is 0.173 e. The molecule has 5 heteroatoms. The van der Waals surface area contributed by atoms with Gasteiger partial charge in [-0.15, -0.1) is 18.0 Å². The van der Waals surface area contributed by atoms with Crippen molar-refractivity contribution in [1.29, 1.82) is 0 Å². The largest absolute Gasteiger partial charge is 0.392 e. The molecular weight excluding hydrogens is 202 g/mol. The topological polar surface area (TPSA) is 38.7 Å². The third kappa shape index (κ3) is 3.89. The van der Waals surface area contributed by atoms with Gasteiger partial charge in [0.2, 0.25) is 0 Å². The second kappa shape index (κ2) is 6.31. The summed E-state index contributed by atoms with van der Waals surface area (Å²) >= 11 is 5.71. The molecule has 0 saturated heterocycles. The molecule has 0 aromatic rings. The molecule has 0 fully saturated rings. The summed E-state index contributed by atoms with van der Waals surface area (Å²) in [5.74, 6) is 2.32. The molecule has 2 radical (unpaired) electrons. The molecule has 0 aromatic carbocycles. The minimum absolute atomic E-state index is 0.0668. The van der Waals surface area contributed by atoms with E-state index in [1.54, 1.807) is 6.92 Å². The van der Waals surface area contributed by atoms with Crippen LogP contribution in [0.2, 0.25) is 0 Å². The van der Waals surface area contributed by atoms with E-state index < -0.39 is 17.0 Å². The van der Waals surface area contributed by atoms with Gasteiger partial charge in [0.05, 0.1) is 13.2 Å². The lowest BCUT2D eigenvalue weighted by Gasteiger charge is -2.30. The third-order valence-electron chi connectivity index (χ3n) is 1.71. The van der Waals surface area contributed by atoms with Crippen LogP contribution in [-0.2, 0) is 9.47 Å². The highest BCUT2D eigenvalue weighted by atomic mass is 35.5. The predicted octanol–water partition coefficient (Wildman–Crippen LogP) is 0.136. The fourth-order valence-electron chi connectivity index (χ4n) is 0.826. The Balaban J connectivity index is 4.43. The lowest BCUT2D eigenvalue weighted by molar-refractivity contribution is -0.0903. The van der Waals surface area contributed by atoms with E-state index in [0.29, 0.717) is 0 Å². The van der Waals surface area contributed by atoms with E-state index in [4.69, 9.17) is 40.5 Å². The van der Waals surface area contributed by atoms with Gasteiger partial charge in [-0.1, -0.05) is 5.92 Å². The number of terminal acetylenes is 1. The molecule has 1 N–H and O–H groups in total. The first kappa shape index (κ1) is 13.8. The van der Waals surface area contributed by atoms with Gasteiger partial charge in [-0.3, -0.25) is 0 Å². The van der Waals surface area contributed by atoms with Gasteiger partial charge in [0, 0.05) is 18.5 Å². The van der Waals surface area contributed by atoms with E-state index in [2.05, 4.69) is 5.92 Å². The lowest BCUT2D eigenvalue weighted by atomic mass is 9.95. The smallest absolute Gasteiger partial charge is 0.173 e. The number of aliphatic hydroxyl groups excluding tert-OH is 1. The zero-order valence-electron chi connectivity index (χ0n) is 8.37. The molecule has 0 spiro atoms. The third-order valence-corrected chi connectivity index (χ3v) is 1.96. The van der Waals surface area contributed by atoms with Crippen molar-refractivity contribution in [3.05, 3.63) is 0 Å². The molecular formula is C9H14BClO3. The van der Waals surface area contributed by atoms with Crippen molar-refractivity contribution in [3.8, 4) is 12.3 Å². The normalized spacial score (nSPS) is 19.4. The Morgan fingerprint density at radius 1 is 1.71 bits per heavy atom. The van der Waals surface area contributed by atoms with E-state index in [1.165, 1.54) is 7.11 Å². The molecule has 0 bridgehead atoms. The van der Waals surface area contributed by atoms with Gasteiger partial charge in [0.25, 0.3) is 0 Å². The lowest BCUT2D eigenvalue weighted by Crippen LogP contribution is -2.45. The molecule has 0 amide bonds. The molecule has 0 rings (SSSR count). The van der Waals surface area contributed by atoms with Crippen molar-refractivity contribution in [2.24, 2.45) is 0 Å². The molecule has 3 nitrogen and oxygen atoms in total. The molecule has 3 atom stereocenters. The van der Waals surface area contributed by atoms with Crippen LogP contribution in [0.15, 0.2) is 0 Å². The number of hydrogen-bond donors (Lipinski definition) is 1. The molecule has 78 valence electrons. The first-order valence-corrected chi connectivity index (χ1v) is 4.60. The van der Waals surface area contributed by atoms with Gasteiger partial charge in [-0.25, -0.2) is 0 Å². The van der Waals surface area contributed by atoms with Crippen molar-refractivity contribution >= 4 is 19.4 Å². The number of methoxy groups -OCH3 is 1.